The van der Waals surface area contributed by atoms with E-state index in [-0.39, 0.29) is 6.10 Å². The van der Waals surface area contributed by atoms with E-state index >= 15 is 0 Å². The van der Waals surface area contributed by atoms with Crippen molar-refractivity contribution in [3.63, 3.8) is 0 Å². The Labute approximate surface area is 160 Å². The van der Waals surface area contributed by atoms with Crippen LogP contribution in [0.2, 0.25) is 0 Å². The Morgan fingerprint density at radius 2 is 2.11 bits per heavy atom. The zero-order chi connectivity index (χ0) is 18.9. The third-order valence-electron chi connectivity index (χ3n) is 4.63. The van der Waals surface area contributed by atoms with Gasteiger partial charge in [-0.3, -0.25) is 9.67 Å². The highest BCUT2D eigenvalue weighted by Crippen LogP contribution is 2.27. The highest BCUT2D eigenvalue weighted by atomic mass is 16.5. The molecule has 0 amide bonds. The molecule has 0 aliphatic carbocycles. The lowest BCUT2D eigenvalue weighted by Gasteiger charge is -2.07. The first-order valence-corrected chi connectivity index (χ1v) is 9.06. The SMILES string of the molecule is Cn1ncc2c(NCc3noc(C4CCCO4)n3)nc(-c3ccncc3)nc21. The van der Waals surface area contributed by atoms with Crippen molar-refractivity contribution in [1.82, 2.24) is 34.9 Å². The lowest BCUT2D eigenvalue weighted by atomic mass is 10.2. The molecule has 4 aromatic heterocycles. The molecule has 10 heteroatoms. The number of anilines is 1. The van der Waals surface area contributed by atoms with Crippen LogP contribution in [0, 0.1) is 0 Å². The second-order valence-corrected chi connectivity index (χ2v) is 6.54. The zero-order valence-electron chi connectivity index (χ0n) is 15.2. The summed E-state index contributed by atoms with van der Waals surface area (Å²) in [5.74, 6) is 2.33. The molecule has 0 spiro atoms. The Hall–Kier alpha value is -3.40. The minimum atomic E-state index is -0.0939. The summed E-state index contributed by atoms with van der Waals surface area (Å²) in [5.41, 5.74) is 1.61. The van der Waals surface area contributed by atoms with Gasteiger partial charge in [-0.25, -0.2) is 9.97 Å². The summed E-state index contributed by atoms with van der Waals surface area (Å²) in [4.78, 5) is 17.8. The van der Waals surface area contributed by atoms with Crippen LogP contribution in [0.5, 0.6) is 0 Å². The van der Waals surface area contributed by atoms with E-state index in [9.17, 15) is 0 Å². The molecule has 1 fully saturated rings. The zero-order valence-corrected chi connectivity index (χ0v) is 15.2. The maximum atomic E-state index is 5.59. The number of ether oxygens (including phenoxy) is 1. The Morgan fingerprint density at radius 1 is 1.21 bits per heavy atom. The number of aryl methyl sites for hydroxylation is 1. The lowest BCUT2D eigenvalue weighted by molar-refractivity contribution is 0.0835. The lowest BCUT2D eigenvalue weighted by Crippen LogP contribution is -2.06. The molecule has 1 unspecified atom stereocenters. The van der Waals surface area contributed by atoms with Gasteiger partial charge in [-0.05, 0) is 25.0 Å². The predicted octanol–water partition coefficient (Wildman–Crippen LogP) is 2.27. The molecule has 0 radical (unpaired) electrons. The summed E-state index contributed by atoms with van der Waals surface area (Å²) in [6.45, 7) is 1.10. The van der Waals surface area contributed by atoms with E-state index in [0.29, 0.717) is 29.9 Å². The van der Waals surface area contributed by atoms with Gasteiger partial charge in [0.2, 0.25) is 0 Å². The maximum absolute atomic E-state index is 5.59. The summed E-state index contributed by atoms with van der Waals surface area (Å²) < 4.78 is 12.6. The van der Waals surface area contributed by atoms with Crippen LogP contribution in [0.3, 0.4) is 0 Å². The average molecular weight is 378 g/mol. The Kier molecular flexibility index (Phi) is 4.17. The van der Waals surface area contributed by atoms with Crippen LogP contribution >= 0.6 is 0 Å². The number of aromatic nitrogens is 7. The van der Waals surface area contributed by atoms with E-state index in [1.54, 1.807) is 23.3 Å². The second-order valence-electron chi connectivity index (χ2n) is 6.54. The third-order valence-corrected chi connectivity index (χ3v) is 4.63. The maximum Gasteiger partial charge on any atom is 0.255 e. The Bertz CT molecular complexity index is 1100. The molecule has 28 heavy (non-hydrogen) atoms. The van der Waals surface area contributed by atoms with Gasteiger partial charge in [0.25, 0.3) is 5.89 Å². The summed E-state index contributed by atoms with van der Waals surface area (Å²) in [7, 11) is 1.85. The second kappa shape index (κ2) is 6.97. The summed E-state index contributed by atoms with van der Waals surface area (Å²) in [5, 5.41) is 12.4. The van der Waals surface area contributed by atoms with Gasteiger partial charge in [0.15, 0.2) is 17.3 Å². The van der Waals surface area contributed by atoms with Crippen LogP contribution in [0.15, 0.2) is 35.2 Å². The first kappa shape index (κ1) is 16.8. The molecular formula is C18H18N8O2. The minimum absolute atomic E-state index is 0.0939. The van der Waals surface area contributed by atoms with E-state index < -0.39 is 0 Å². The number of rotatable bonds is 5. The van der Waals surface area contributed by atoms with Crippen LogP contribution in [0.4, 0.5) is 5.82 Å². The van der Waals surface area contributed by atoms with Crippen LogP contribution in [-0.4, -0.2) is 41.5 Å². The normalized spacial score (nSPS) is 16.7. The molecule has 1 aliphatic rings. The van der Waals surface area contributed by atoms with Gasteiger partial charge in [0.1, 0.15) is 11.9 Å². The first-order valence-electron chi connectivity index (χ1n) is 9.06. The smallest absolute Gasteiger partial charge is 0.255 e. The standard InChI is InChI=1S/C18H18N8O2/c1-26-17-12(9-21-26)16(23-15(24-17)11-4-6-19-7-5-11)20-10-14-22-18(28-25-14)13-3-2-8-27-13/h4-7,9,13H,2-3,8,10H2,1H3,(H,20,23,24). The Balaban J connectivity index is 1.43. The van der Waals surface area contributed by atoms with Crippen molar-refractivity contribution < 1.29 is 9.26 Å². The van der Waals surface area contributed by atoms with Gasteiger partial charge < -0.3 is 14.6 Å². The first-order chi connectivity index (χ1) is 13.8. The number of nitrogens with zero attached hydrogens (tertiary/aromatic N) is 7. The summed E-state index contributed by atoms with van der Waals surface area (Å²) in [6.07, 6.45) is 6.99. The number of fused-ring (bicyclic) bond motifs is 1. The molecule has 5 rings (SSSR count). The van der Waals surface area contributed by atoms with E-state index in [1.807, 2.05) is 19.2 Å². The molecule has 1 N–H and O–H groups in total. The van der Waals surface area contributed by atoms with Crippen LogP contribution in [0.25, 0.3) is 22.4 Å². The molecule has 5 heterocycles. The highest BCUT2D eigenvalue weighted by molar-refractivity contribution is 5.88. The van der Waals surface area contributed by atoms with E-state index in [2.05, 4.69) is 35.5 Å². The average Bonchev–Trinajstić information content (AvgIpc) is 3.48. The van der Waals surface area contributed by atoms with Crippen molar-refractivity contribution in [2.24, 2.45) is 7.05 Å². The third kappa shape index (κ3) is 3.07. The number of hydrogen-bond acceptors (Lipinski definition) is 9. The molecule has 0 bridgehead atoms. The molecule has 10 nitrogen and oxygen atoms in total. The van der Waals surface area contributed by atoms with Crippen molar-refractivity contribution in [1.29, 1.82) is 0 Å². The van der Waals surface area contributed by atoms with Crippen LogP contribution < -0.4 is 5.32 Å². The fourth-order valence-electron chi connectivity index (χ4n) is 3.19. The summed E-state index contributed by atoms with van der Waals surface area (Å²) in [6, 6.07) is 3.74. The summed E-state index contributed by atoms with van der Waals surface area (Å²) >= 11 is 0. The van der Waals surface area contributed by atoms with Gasteiger partial charge in [-0.15, -0.1) is 0 Å². The number of nitrogens with one attached hydrogen (secondary N) is 1. The fourth-order valence-corrected chi connectivity index (χ4v) is 3.19. The van der Waals surface area contributed by atoms with Gasteiger partial charge in [-0.1, -0.05) is 5.16 Å². The van der Waals surface area contributed by atoms with Gasteiger partial charge in [0.05, 0.1) is 18.1 Å². The van der Waals surface area contributed by atoms with Gasteiger partial charge in [-0.2, -0.15) is 10.1 Å². The fraction of sp³-hybridized carbons (Fsp3) is 0.333. The monoisotopic (exact) mass is 378 g/mol. The van der Waals surface area contributed by atoms with Crippen molar-refractivity contribution in [3.05, 3.63) is 42.4 Å². The van der Waals surface area contributed by atoms with Crippen molar-refractivity contribution in [2.45, 2.75) is 25.5 Å². The molecule has 0 saturated carbocycles. The molecule has 0 aromatic carbocycles. The van der Waals surface area contributed by atoms with E-state index in [0.717, 1.165) is 36.0 Å². The highest BCUT2D eigenvalue weighted by Gasteiger charge is 2.24. The Morgan fingerprint density at radius 3 is 2.93 bits per heavy atom. The van der Waals surface area contributed by atoms with E-state index in [4.69, 9.17) is 9.26 Å². The van der Waals surface area contributed by atoms with Gasteiger partial charge in [0, 0.05) is 31.6 Å². The topological polar surface area (TPSA) is 117 Å². The molecular weight excluding hydrogens is 360 g/mol. The van der Waals surface area contributed by atoms with Crippen LogP contribution in [-0.2, 0) is 18.3 Å². The van der Waals surface area contributed by atoms with Gasteiger partial charge >= 0.3 is 0 Å². The van der Waals surface area contributed by atoms with Crippen LogP contribution in [0.1, 0.15) is 30.7 Å². The molecule has 1 atom stereocenters. The predicted molar refractivity (Wildman–Crippen MR) is 99.1 cm³/mol. The molecule has 4 aromatic rings. The number of hydrogen-bond donors (Lipinski definition) is 1. The minimum Gasteiger partial charge on any atom is -0.368 e. The molecule has 1 aliphatic heterocycles. The van der Waals surface area contributed by atoms with Crippen molar-refractivity contribution >= 4 is 16.9 Å². The molecule has 1 saturated heterocycles. The number of pyridine rings is 1. The van der Waals surface area contributed by atoms with Crippen molar-refractivity contribution in [3.8, 4) is 11.4 Å². The van der Waals surface area contributed by atoms with Crippen molar-refractivity contribution in [2.75, 3.05) is 11.9 Å². The van der Waals surface area contributed by atoms with E-state index in [1.165, 1.54) is 0 Å². The largest absolute Gasteiger partial charge is 0.368 e. The molecule has 142 valence electrons. The quantitative estimate of drug-likeness (QED) is 0.558.